The van der Waals surface area contributed by atoms with E-state index < -0.39 is 6.10 Å². The highest BCUT2D eigenvalue weighted by Gasteiger charge is 2.40. The highest BCUT2D eigenvalue weighted by Crippen LogP contribution is 2.37. The normalized spacial score (nSPS) is 29.8. The molecule has 0 radical (unpaired) electrons. The molecule has 1 fully saturated rings. The Morgan fingerprint density at radius 2 is 1.89 bits per heavy atom. The number of hydrogen-bond donors (Lipinski definition) is 1. The standard InChI is InChI=1S/C17H32O2/c1-5-6-7-8-9-15(18)16-13(4)10-11-14(12(2)3)17(16)19/h12-16,18H,5-11H2,1-4H3/t13-,14-,15+,16-/m1/s1. The number of unbranched alkanes of at least 4 members (excludes halogenated alkanes) is 3. The topological polar surface area (TPSA) is 37.3 Å². The smallest absolute Gasteiger partial charge is 0.142 e. The van der Waals surface area contributed by atoms with Gasteiger partial charge in [-0.3, -0.25) is 4.79 Å². The van der Waals surface area contributed by atoms with Crippen LogP contribution in [0.4, 0.5) is 0 Å². The van der Waals surface area contributed by atoms with Crippen LogP contribution in [0, 0.1) is 23.7 Å². The van der Waals surface area contributed by atoms with Crippen LogP contribution in [0.3, 0.4) is 0 Å². The van der Waals surface area contributed by atoms with Gasteiger partial charge in [0, 0.05) is 11.8 Å². The van der Waals surface area contributed by atoms with Crippen molar-refractivity contribution in [1.29, 1.82) is 0 Å². The largest absolute Gasteiger partial charge is 0.392 e. The van der Waals surface area contributed by atoms with Crippen LogP contribution >= 0.6 is 0 Å². The predicted octanol–water partition coefficient (Wildman–Crippen LogP) is 4.21. The first-order valence-electron chi connectivity index (χ1n) is 8.20. The van der Waals surface area contributed by atoms with Gasteiger partial charge >= 0.3 is 0 Å². The molecule has 0 saturated heterocycles. The minimum Gasteiger partial charge on any atom is -0.392 e. The minimum absolute atomic E-state index is 0.109. The molecule has 1 rings (SSSR count). The Morgan fingerprint density at radius 3 is 2.47 bits per heavy atom. The Morgan fingerprint density at radius 1 is 1.21 bits per heavy atom. The molecule has 0 unspecified atom stereocenters. The zero-order valence-electron chi connectivity index (χ0n) is 13.2. The molecule has 4 atom stereocenters. The molecule has 0 aromatic rings. The highest BCUT2D eigenvalue weighted by molar-refractivity contribution is 5.85. The average Bonchev–Trinajstić information content (AvgIpc) is 2.34. The Balaban J connectivity index is 2.54. The molecular weight excluding hydrogens is 236 g/mol. The van der Waals surface area contributed by atoms with Gasteiger partial charge in [0.1, 0.15) is 5.78 Å². The third-order valence-corrected chi connectivity index (χ3v) is 4.81. The van der Waals surface area contributed by atoms with E-state index in [9.17, 15) is 9.90 Å². The lowest BCUT2D eigenvalue weighted by atomic mass is 9.68. The van der Waals surface area contributed by atoms with Crippen LogP contribution in [0.25, 0.3) is 0 Å². The van der Waals surface area contributed by atoms with E-state index in [4.69, 9.17) is 0 Å². The number of hydrogen-bond acceptors (Lipinski definition) is 2. The Hall–Kier alpha value is -0.370. The summed E-state index contributed by atoms with van der Waals surface area (Å²) in [7, 11) is 0. The van der Waals surface area contributed by atoms with Crippen molar-refractivity contribution in [3.63, 3.8) is 0 Å². The second-order valence-electron chi connectivity index (χ2n) is 6.75. The summed E-state index contributed by atoms with van der Waals surface area (Å²) < 4.78 is 0. The first-order chi connectivity index (χ1) is 8.99. The van der Waals surface area contributed by atoms with Crippen molar-refractivity contribution in [2.24, 2.45) is 23.7 Å². The molecule has 0 spiro atoms. The van der Waals surface area contributed by atoms with E-state index in [-0.39, 0.29) is 11.8 Å². The van der Waals surface area contributed by atoms with Gasteiger partial charge in [-0.25, -0.2) is 0 Å². The van der Waals surface area contributed by atoms with Gasteiger partial charge in [-0.15, -0.1) is 0 Å². The molecule has 0 heterocycles. The van der Waals surface area contributed by atoms with Gasteiger partial charge < -0.3 is 5.11 Å². The average molecular weight is 268 g/mol. The van der Waals surface area contributed by atoms with Crippen molar-refractivity contribution in [2.75, 3.05) is 0 Å². The maximum Gasteiger partial charge on any atom is 0.142 e. The van der Waals surface area contributed by atoms with Crippen molar-refractivity contribution in [2.45, 2.75) is 78.7 Å². The van der Waals surface area contributed by atoms with E-state index in [0.717, 1.165) is 25.7 Å². The summed E-state index contributed by atoms with van der Waals surface area (Å²) in [5.74, 6) is 1.16. The molecule has 0 bridgehead atoms. The van der Waals surface area contributed by atoms with Crippen LogP contribution in [0.15, 0.2) is 0 Å². The first-order valence-corrected chi connectivity index (χ1v) is 8.20. The Kier molecular flexibility index (Phi) is 7.06. The molecule has 0 aliphatic heterocycles. The molecule has 1 aliphatic carbocycles. The third-order valence-electron chi connectivity index (χ3n) is 4.81. The molecule has 1 aliphatic rings. The van der Waals surface area contributed by atoms with Crippen LogP contribution in [-0.4, -0.2) is 17.0 Å². The van der Waals surface area contributed by atoms with Crippen LogP contribution in [0.1, 0.15) is 72.6 Å². The van der Waals surface area contributed by atoms with E-state index in [0.29, 0.717) is 17.6 Å². The fraction of sp³-hybridized carbons (Fsp3) is 0.941. The maximum absolute atomic E-state index is 12.5. The molecule has 0 aromatic carbocycles. The molecule has 1 N–H and O–H groups in total. The van der Waals surface area contributed by atoms with E-state index in [1.54, 1.807) is 0 Å². The van der Waals surface area contributed by atoms with Gasteiger partial charge in [-0.1, -0.05) is 53.4 Å². The minimum atomic E-state index is -0.416. The van der Waals surface area contributed by atoms with Gasteiger partial charge in [0.05, 0.1) is 6.10 Å². The van der Waals surface area contributed by atoms with Crippen LogP contribution in [-0.2, 0) is 4.79 Å². The molecule has 0 amide bonds. The number of aliphatic hydroxyl groups is 1. The lowest BCUT2D eigenvalue weighted by Gasteiger charge is -2.37. The van der Waals surface area contributed by atoms with Crippen molar-refractivity contribution >= 4 is 5.78 Å². The maximum atomic E-state index is 12.5. The highest BCUT2D eigenvalue weighted by atomic mass is 16.3. The fourth-order valence-corrected chi connectivity index (χ4v) is 3.48. The van der Waals surface area contributed by atoms with Crippen molar-refractivity contribution in [3.8, 4) is 0 Å². The summed E-state index contributed by atoms with van der Waals surface area (Å²) in [6.45, 7) is 8.58. The summed E-state index contributed by atoms with van der Waals surface area (Å²) in [6.07, 6.45) is 7.16. The predicted molar refractivity (Wildman–Crippen MR) is 80.0 cm³/mol. The zero-order chi connectivity index (χ0) is 14.4. The molecule has 19 heavy (non-hydrogen) atoms. The second-order valence-corrected chi connectivity index (χ2v) is 6.75. The number of carbonyl (C=O) groups is 1. The molecule has 2 heteroatoms. The van der Waals surface area contributed by atoms with Crippen molar-refractivity contribution in [3.05, 3.63) is 0 Å². The van der Waals surface area contributed by atoms with E-state index in [2.05, 4.69) is 27.7 Å². The number of Topliss-reactive ketones (excluding diaryl/α,β-unsaturated/α-hetero) is 1. The lowest BCUT2D eigenvalue weighted by Crippen LogP contribution is -2.42. The van der Waals surface area contributed by atoms with Crippen molar-refractivity contribution in [1.82, 2.24) is 0 Å². The summed E-state index contributed by atoms with van der Waals surface area (Å²) in [6, 6.07) is 0. The fourth-order valence-electron chi connectivity index (χ4n) is 3.48. The molecular formula is C17H32O2. The summed E-state index contributed by atoms with van der Waals surface area (Å²) >= 11 is 0. The van der Waals surface area contributed by atoms with E-state index in [1.165, 1.54) is 19.3 Å². The van der Waals surface area contributed by atoms with Gasteiger partial charge in [0.15, 0.2) is 0 Å². The Bertz CT molecular complexity index is 272. The van der Waals surface area contributed by atoms with Crippen molar-refractivity contribution < 1.29 is 9.90 Å². The molecule has 1 saturated carbocycles. The molecule has 0 aromatic heterocycles. The summed E-state index contributed by atoms with van der Waals surface area (Å²) in [4.78, 5) is 12.5. The second kappa shape index (κ2) is 8.04. The zero-order valence-corrected chi connectivity index (χ0v) is 13.2. The first kappa shape index (κ1) is 16.7. The van der Waals surface area contributed by atoms with Crippen LogP contribution < -0.4 is 0 Å². The van der Waals surface area contributed by atoms with Gasteiger partial charge in [0.2, 0.25) is 0 Å². The summed E-state index contributed by atoms with van der Waals surface area (Å²) in [5.41, 5.74) is 0. The molecule has 2 nitrogen and oxygen atoms in total. The SMILES string of the molecule is CCCCCC[C@H](O)[C@@H]1C(=O)[C@@H](C(C)C)CC[C@H]1C. The lowest BCUT2D eigenvalue weighted by molar-refractivity contribution is -0.138. The Labute approximate surface area is 119 Å². The van der Waals surface area contributed by atoms with Crippen LogP contribution in [0.5, 0.6) is 0 Å². The van der Waals surface area contributed by atoms with E-state index >= 15 is 0 Å². The third kappa shape index (κ3) is 4.59. The number of ketones is 1. The molecule has 112 valence electrons. The quantitative estimate of drug-likeness (QED) is 0.702. The van der Waals surface area contributed by atoms with Gasteiger partial charge in [-0.05, 0) is 31.1 Å². The number of carbonyl (C=O) groups excluding carboxylic acids is 1. The number of rotatable bonds is 7. The summed E-state index contributed by atoms with van der Waals surface area (Å²) in [5, 5.41) is 10.4. The monoisotopic (exact) mass is 268 g/mol. The van der Waals surface area contributed by atoms with E-state index in [1.807, 2.05) is 0 Å². The van der Waals surface area contributed by atoms with Gasteiger partial charge in [-0.2, -0.15) is 0 Å². The van der Waals surface area contributed by atoms with Gasteiger partial charge in [0.25, 0.3) is 0 Å². The van der Waals surface area contributed by atoms with Crippen LogP contribution in [0.2, 0.25) is 0 Å². The number of aliphatic hydroxyl groups excluding tert-OH is 1.